The van der Waals surface area contributed by atoms with Gasteiger partial charge in [0.2, 0.25) is 5.95 Å². The number of nitrogen functional groups attached to an aromatic ring is 1. The summed E-state index contributed by atoms with van der Waals surface area (Å²) in [7, 11) is 0. The van der Waals surface area contributed by atoms with Crippen LogP contribution in [0.25, 0.3) is 0 Å². The summed E-state index contributed by atoms with van der Waals surface area (Å²) < 4.78 is 13.4. The lowest BCUT2D eigenvalue weighted by molar-refractivity contribution is 0.605. The number of nitrogens with zero attached hydrogens (tertiary/aromatic N) is 3. The molecular formula is C8H12FN5S. The lowest BCUT2D eigenvalue weighted by Crippen LogP contribution is -2.34. The van der Waals surface area contributed by atoms with Crippen molar-refractivity contribution in [2.24, 2.45) is 5.84 Å². The molecule has 2 rings (SSSR count). The minimum Gasteiger partial charge on any atom is -0.352 e. The molecule has 0 aromatic carbocycles. The lowest BCUT2D eigenvalue weighted by atomic mass is 10.4. The second kappa shape index (κ2) is 4.63. The van der Waals surface area contributed by atoms with Crippen molar-refractivity contribution >= 4 is 23.5 Å². The third-order valence-corrected chi connectivity index (χ3v) is 3.11. The highest BCUT2D eigenvalue weighted by Crippen LogP contribution is 2.20. The molecule has 5 nitrogen and oxygen atoms in total. The Morgan fingerprint density at radius 2 is 2.20 bits per heavy atom. The molecule has 0 unspecified atom stereocenters. The van der Waals surface area contributed by atoms with Crippen molar-refractivity contribution in [3.8, 4) is 0 Å². The second-order valence-corrected chi connectivity index (χ2v) is 4.33. The Labute approximate surface area is 91.2 Å². The molecule has 0 aliphatic carbocycles. The maximum absolute atomic E-state index is 13.4. The Balaban J connectivity index is 2.24. The first-order valence-corrected chi connectivity index (χ1v) is 5.78. The third kappa shape index (κ3) is 2.29. The van der Waals surface area contributed by atoms with Crippen LogP contribution in [-0.4, -0.2) is 34.6 Å². The predicted octanol–water partition coefficient (Wildman–Crippen LogP) is 0.454. The minimum absolute atomic E-state index is 0.240. The van der Waals surface area contributed by atoms with Crippen LogP contribution in [0.2, 0.25) is 0 Å². The van der Waals surface area contributed by atoms with E-state index in [1.165, 1.54) is 0 Å². The molecule has 1 aromatic heterocycles. The molecule has 0 saturated carbocycles. The van der Waals surface area contributed by atoms with Gasteiger partial charge in [-0.05, 0) is 0 Å². The van der Waals surface area contributed by atoms with Gasteiger partial charge in [-0.1, -0.05) is 0 Å². The molecule has 7 heteroatoms. The summed E-state index contributed by atoms with van der Waals surface area (Å²) in [5.41, 5.74) is 2.31. The Bertz CT molecular complexity index is 342. The standard InChI is InChI=1S/C8H12FN5S/c9-6-5-11-8(13-10)12-7(6)14-1-3-15-4-2-14/h5H,1-4,10H2,(H,11,12,13). The van der Waals surface area contributed by atoms with Crippen molar-refractivity contribution < 1.29 is 4.39 Å². The molecule has 15 heavy (non-hydrogen) atoms. The number of nitrogens with one attached hydrogen (secondary N) is 1. The van der Waals surface area contributed by atoms with E-state index in [4.69, 9.17) is 5.84 Å². The number of hydrogen-bond acceptors (Lipinski definition) is 6. The third-order valence-electron chi connectivity index (χ3n) is 2.17. The highest BCUT2D eigenvalue weighted by molar-refractivity contribution is 7.99. The molecular weight excluding hydrogens is 217 g/mol. The number of rotatable bonds is 2. The van der Waals surface area contributed by atoms with E-state index in [0.29, 0.717) is 5.82 Å². The number of thioether (sulfide) groups is 1. The largest absolute Gasteiger partial charge is 0.352 e. The van der Waals surface area contributed by atoms with Crippen LogP contribution in [0.1, 0.15) is 0 Å². The van der Waals surface area contributed by atoms with Crippen LogP contribution in [0.15, 0.2) is 6.20 Å². The van der Waals surface area contributed by atoms with Crippen LogP contribution >= 0.6 is 11.8 Å². The number of nitrogens with two attached hydrogens (primary N) is 1. The molecule has 1 aliphatic heterocycles. The van der Waals surface area contributed by atoms with Crippen LogP contribution in [-0.2, 0) is 0 Å². The molecule has 2 heterocycles. The molecule has 0 bridgehead atoms. The fourth-order valence-corrected chi connectivity index (χ4v) is 2.33. The van der Waals surface area contributed by atoms with Crippen molar-refractivity contribution in [2.45, 2.75) is 0 Å². The molecule has 1 aromatic rings. The molecule has 1 saturated heterocycles. The summed E-state index contributed by atoms with van der Waals surface area (Å²) in [4.78, 5) is 9.62. The van der Waals surface area contributed by atoms with Gasteiger partial charge in [-0.2, -0.15) is 16.7 Å². The first-order valence-electron chi connectivity index (χ1n) is 4.63. The van der Waals surface area contributed by atoms with E-state index in [2.05, 4.69) is 15.4 Å². The molecule has 0 spiro atoms. The molecule has 0 amide bonds. The van der Waals surface area contributed by atoms with Gasteiger partial charge in [0, 0.05) is 24.6 Å². The summed E-state index contributed by atoms with van der Waals surface area (Å²) in [6.45, 7) is 1.62. The van der Waals surface area contributed by atoms with E-state index in [-0.39, 0.29) is 5.95 Å². The van der Waals surface area contributed by atoms with Crippen molar-refractivity contribution in [2.75, 3.05) is 34.9 Å². The van der Waals surface area contributed by atoms with Crippen molar-refractivity contribution in [1.82, 2.24) is 9.97 Å². The SMILES string of the molecule is NNc1ncc(F)c(N2CCSCC2)n1. The van der Waals surface area contributed by atoms with Gasteiger partial charge in [0.1, 0.15) is 0 Å². The van der Waals surface area contributed by atoms with Gasteiger partial charge in [0.05, 0.1) is 6.20 Å². The van der Waals surface area contributed by atoms with Crippen LogP contribution in [0, 0.1) is 5.82 Å². The highest BCUT2D eigenvalue weighted by atomic mass is 32.2. The lowest BCUT2D eigenvalue weighted by Gasteiger charge is -2.27. The molecule has 1 fully saturated rings. The predicted molar refractivity (Wildman–Crippen MR) is 59.3 cm³/mol. The zero-order chi connectivity index (χ0) is 10.7. The first-order chi connectivity index (χ1) is 7.31. The Kier molecular flexibility index (Phi) is 3.22. The van der Waals surface area contributed by atoms with E-state index in [0.717, 1.165) is 30.8 Å². The van der Waals surface area contributed by atoms with E-state index >= 15 is 0 Å². The van der Waals surface area contributed by atoms with Crippen molar-refractivity contribution in [1.29, 1.82) is 0 Å². The fourth-order valence-electron chi connectivity index (χ4n) is 1.42. The topological polar surface area (TPSA) is 67.1 Å². The normalized spacial score (nSPS) is 16.5. The van der Waals surface area contributed by atoms with Gasteiger partial charge in [-0.15, -0.1) is 0 Å². The van der Waals surface area contributed by atoms with Crippen molar-refractivity contribution in [3.63, 3.8) is 0 Å². The highest BCUT2D eigenvalue weighted by Gasteiger charge is 2.17. The van der Waals surface area contributed by atoms with Gasteiger partial charge < -0.3 is 4.90 Å². The zero-order valence-electron chi connectivity index (χ0n) is 8.11. The van der Waals surface area contributed by atoms with Crippen LogP contribution in [0.3, 0.4) is 0 Å². The molecule has 0 atom stereocenters. The van der Waals surface area contributed by atoms with Crippen LogP contribution in [0.5, 0.6) is 0 Å². The Hall–Kier alpha value is -1.08. The zero-order valence-corrected chi connectivity index (χ0v) is 8.93. The van der Waals surface area contributed by atoms with E-state index < -0.39 is 5.82 Å². The molecule has 0 radical (unpaired) electrons. The number of anilines is 2. The first kappa shape index (κ1) is 10.4. The summed E-state index contributed by atoms with van der Waals surface area (Å²) in [5, 5.41) is 0. The monoisotopic (exact) mass is 229 g/mol. The van der Waals surface area contributed by atoms with Gasteiger partial charge in [0.25, 0.3) is 0 Å². The summed E-state index contributed by atoms with van der Waals surface area (Å²) in [6.07, 6.45) is 1.14. The van der Waals surface area contributed by atoms with Gasteiger partial charge >= 0.3 is 0 Å². The number of hydrogen-bond donors (Lipinski definition) is 2. The average Bonchev–Trinajstić information content (AvgIpc) is 2.31. The average molecular weight is 229 g/mol. The number of aromatic nitrogens is 2. The molecule has 3 N–H and O–H groups in total. The van der Waals surface area contributed by atoms with Crippen LogP contribution in [0.4, 0.5) is 16.2 Å². The Morgan fingerprint density at radius 3 is 2.87 bits per heavy atom. The molecule has 82 valence electrons. The number of halogens is 1. The van der Waals surface area contributed by atoms with Crippen molar-refractivity contribution in [3.05, 3.63) is 12.0 Å². The van der Waals surface area contributed by atoms with Gasteiger partial charge in [-0.25, -0.2) is 15.2 Å². The minimum atomic E-state index is -0.402. The van der Waals surface area contributed by atoms with Crippen LogP contribution < -0.4 is 16.2 Å². The summed E-state index contributed by atoms with van der Waals surface area (Å²) >= 11 is 1.86. The van der Waals surface area contributed by atoms with E-state index in [9.17, 15) is 4.39 Å². The van der Waals surface area contributed by atoms with E-state index in [1.807, 2.05) is 16.7 Å². The maximum Gasteiger partial charge on any atom is 0.239 e. The van der Waals surface area contributed by atoms with Gasteiger partial charge in [0.15, 0.2) is 11.6 Å². The summed E-state index contributed by atoms with van der Waals surface area (Å²) in [5.74, 6) is 7.34. The fraction of sp³-hybridized carbons (Fsp3) is 0.500. The maximum atomic E-state index is 13.4. The smallest absolute Gasteiger partial charge is 0.239 e. The van der Waals surface area contributed by atoms with E-state index in [1.54, 1.807) is 0 Å². The quantitative estimate of drug-likeness (QED) is 0.567. The Morgan fingerprint density at radius 1 is 1.47 bits per heavy atom. The molecule has 1 aliphatic rings. The van der Waals surface area contributed by atoms with Gasteiger partial charge in [-0.3, -0.25) is 5.43 Å². The summed E-state index contributed by atoms with van der Waals surface area (Å²) in [6, 6.07) is 0. The second-order valence-electron chi connectivity index (χ2n) is 3.11. The number of hydrazine groups is 1.